The van der Waals surface area contributed by atoms with Crippen LogP contribution in [-0.4, -0.2) is 41.5 Å². The first-order chi connectivity index (χ1) is 10.9. The Labute approximate surface area is 137 Å². The van der Waals surface area contributed by atoms with Gasteiger partial charge >= 0.3 is 0 Å². The lowest BCUT2D eigenvalue weighted by Gasteiger charge is -2.20. The molecular formula is C16H25N3O3S. The average molecular weight is 339 g/mol. The van der Waals surface area contributed by atoms with Crippen molar-refractivity contribution in [2.45, 2.75) is 63.7 Å². The molecule has 23 heavy (non-hydrogen) atoms. The fourth-order valence-corrected chi connectivity index (χ4v) is 5.67. The van der Waals surface area contributed by atoms with Crippen molar-refractivity contribution in [3.05, 3.63) is 11.4 Å². The molecule has 3 rings (SSSR count). The molecule has 6 nitrogen and oxygen atoms in total. The molecule has 0 unspecified atom stereocenters. The van der Waals surface area contributed by atoms with Crippen LogP contribution < -0.4 is 0 Å². The van der Waals surface area contributed by atoms with Crippen molar-refractivity contribution >= 4 is 15.9 Å². The van der Waals surface area contributed by atoms with E-state index in [-0.39, 0.29) is 16.7 Å². The van der Waals surface area contributed by atoms with Gasteiger partial charge in [0.1, 0.15) is 4.90 Å². The summed E-state index contributed by atoms with van der Waals surface area (Å²) < 4.78 is 28.6. The van der Waals surface area contributed by atoms with E-state index < -0.39 is 10.0 Å². The van der Waals surface area contributed by atoms with Crippen molar-refractivity contribution in [3.8, 4) is 0 Å². The fourth-order valence-electron chi connectivity index (χ4n) is 3.80. The molecule has 0 amide bonds. The first-order valence-corrected chi connectivity index (χ1v) is 9.97. The van der Waals surface area contributed by atoms with Gasteiger partial charge in [-0.2, -0.15) is 9.40 Å². The molecule has 1 aromatic heterocycles. The number of carbonyl (C=O) groups is 1. The molecule has 0 radical (unpaired) electrons. The van der Waals surface area contributed by atoms with E-state index in [4.69, 9.17) is 0 Å². The number of carbonyl (C=O) groups excluding carboxylic acids is 1. The molecule has 1 saturated heterocycles. The highest BCUT2D eigenvalue weighted by Gasteiger charge is 2.34. The highest BCUT2D eigenvalue weighted by molar-refractivity contribution is 7.89. The highest BCUT2D eigenvalue weighted by atomic mass is 32.2. The van der Waals surface area contributed by atoms with Gasteiger partial charge in [-0.15, -0.1) is 0 Å². The topological polar surface area (TPSA) is 72.3 Å². The molecule has 128 valence electrons. The van der Waals surface area contributed by atoms with Gasteiger partial charge in [0.2, 0.25) is 15.9 Å². The van der Waals surface area contributed by atoms with Crippen molar-refractivity contribution in [1.82, 2.24) is 14.1 Å². The summed E-state index contributed by atoms with van der Waals surface area (Å²) in [7, 11) is -3.55. The molecule has 1 aliphatic heterocycles. The molecule has 7 heteroatoms. The normalized spacial score (nSPS) is 21.0. The van der Waals surface area contributed by atoms with Crippen molar-refractivity contribution in [1.29, 1.82) is 0 Å². The molecule has 0 N–H and O–H groups in total. The Morgan fingerprint density at radius 2 is 1.65 bits per heavy atom. The molecule has 2 aliphatic rings. The largest absolute Gasteiger partial charge is 0.272 e. The minimum Gasteiger partial charge on any atom is -0.272 e. The summed E-state index contributed by atoms with van der Waals surface area (Å²) in [6.45, 7) is 4.50. The van der Waals surface area contributed by atoms with E-state index >= 15 is 0 Å². The summed E-state index contributed by atoms with van der Waals surface area (Å²) in [4.78, 5) is 13.0. The van der Waals surface area contributed by atoms with Crippen LogP contribution in [0.3, 0.4) is 0 Å². The quantitative estimate of drug-likeness (QED) is 0.848. The Bertz CT molecular complexity index is 696. The van der Waals surface area contributed by atoms with Gasteiger partial charge in [0.05, 0.1) is 11.4 Å². The smallest absolute Gasteiger partial charge is 0.250 e. The Balaban J connectivity index is 1.94. The van der Waals surface area contributed by atoms with Crippen LogP contribution in [0.2, 0.25) is 0 Å². The molecule has 0 aromatic carbocycles. The number of aromatic nitrogens is 2. The van der Waals surface area contributed by atoms with E-state index in [1.54, 1.807) is 13.8 Å². The molecule has 1 saturated carbocycles. The second-order valence-corrected chi connectivity index (χ2v) is 8.57. The summed E-state index contributed by atoms with van der Waals surface area (Å²) >= 11 is 0. The minimum atomic E-state index is -3.55. The van der Waals surface area contributed by atoms with Gasteiger partial charge in [0.15, 0.2) is 0 Å². The van der Waals surface area contributed by atoms with Crippen LogP contribution in [0.5, 0.6) is 0 Å². The Hall–Kier alpha value is -1.21. The summed E-state index contributed by atoms with van der Waals surface area (Å²) in [6, 6.07) is 0. The number of aryl methyl sites for hydroxylation is 1. The van der Waals surface area contributed by atoms with E-state index in [0.717, 1.165) is 38.5 Å². The number of sulfonamides is 1. The van der Waals surface area contributed by atoms with Crippen molar-refractivity contribution in [2.24, 2.45) is 5.92 Å². The zero-order chi connectivity index (χ0) is 16.6. The van der Waals surface area contributed by atoms with Crippen LogP contribution >= 0.6 is 0 Å². The van der Waals surface area contributed by atoms with E-state index in [1.165, 1.54) is 15.4 Å². The third kappa shape index (κ3) is 2.96. The molecule has 0 spiro atoms. The second-order valence-electron chi connectivity index (χ2n) is 6.70. The minimum absolute atomic E-state index is 0.0240. The SMILES string of the molecule is Cc1nn(C(=O)C2CCCCC2)c(C)c1S(=O)(=O)N1CCCC1. The van der Waals surface area contributed by atoms with Crippen LogP contribution in [0.25, 0.3) is 0 Å². The van der Waals surface area contributed by atoms with Gasteiger partial charge < -0.3 is 0 Å². The number of rotatable bonds is 3. The predicted molar refractivity (Wildman–Crippen MR) is 86.9 cm³/mol. The van der Waals surface area contributed by atoms with E-state index in [9.17, 15) is 13.2 Å². The van der Waals surface area contributed by atoms with Crippen LogP contribution in [0.15, 0.2) is 4.90 Å². The lowest BCUT2D eigenvalue weighted by Crippen LogP contribution is -2.29. The standard InChI is InChI=1S/C16H25N3O3S/c1-12-15(23(21,22)18-10-6-7-11-18)13(2)19(17-12)16(20)14-8-4-3-5-9-14/h14H,3-11H2,1-2H3. The lowest BCUT2D eigenvalue weighted by molar-refractivity contribution is 0.0781. The maximum atomic E-state index is 12.8. The van der Waals surface area contributed by atoms with Crippen molar-refractivity contribution < 1.29 is 13.2 Å². The molecule has 2 heterocycles. The van der Waals surface area contributed by atoms with Gasteiger partial charge in [0, 0.05) is 19.0 Å². The van der Waals surface area contributed by atoms with Crippen LogP contribution in [-0.2, 0) is 10.0 Å². The number of hydrogen-bond donors (Lipinski definition) is 0. The zero-order valence-electron chi connectivity index (χ0n) is 13.9. The highest BCUT2D eigenvalue weighted by Crippen LogP contribution is 2.29. The van der Waals surface area contributed by atoms with Crippen LogP contribution in [0.1, 0.15) is 61.1 Å². The van der Waals surface area contributed by atoms with Crippen molar-refractivity contribution in [2.75, 3.05) is 13.1 Å². The molecular weight excluding hydrogens is 314 g/mol. The number of hydrogen-bond acceptors (Lipinski definition) is 4. The maximum Gasteiger partial charge on any atom is 0.250 e. The third-order valence-corrected chi connectivity index (χ3v) is 7.20. The molecule has 0 atom stereocenters. The first-order valence-electron chi connectivity index (χ1n) is 8.53. The van der Waals surface area contributed by atoms with E-state index in [2.05, 4.69) is 5.10 Å². The van der Waals surface area contributed by atoms with Gasteiger partial charge in [-0.05, 0) is 39.5 Å². The summed E-state index contributed by atoms with van der Waals surface area (Å²) in [6.07, 6.45) is 6.86. The molecule has 2 fully saturated rings. The first kappa shape index (κ1) is 16.6. The Morgan fingerprint density at radius 3 is 2.26 bits per heavy atom. The predicted octanol–water partition coefficient (Wildman–Crippen LogP) is 2.50. The summed E-state index contributed by atoms with van der Waals surface area (Å²) in [5.74, 6) is -0.0720. The molecule has 1 aromatic rings. The van der Waals surface area contributed by atoms with Gasteiger partial charge in [-0.25, -0.2) is 13.1 Å². The second kappa shape index (κ2) is 6.36. The monoisotopic (exact) mass is 339 g/mol. The van der Waals surface area contributed by atoms with Gasteiger partial charge in [-0.1, -0.05) is 19.3 Å². The van der Waals surface area contributed by atoms with Crippen LogP contribution in [0.4, 0.5) is 0 Å². The zero-order valence-corrected chi connectivity index (χ0v) is 14.7. The van der Waals surface area contributed by atoms with Gasteiger partial charge in [0.25, 0.3) is 0 Å². The van der Waals surface area contributed by atoms with E-state index in [1.807, 2.05) is 0 Å². The number of nitrogens with zero attached hydrogens (tertiary/aromatic N) is 3. The van der Waals surface area contributed by atoms with E-state index in [0.29, 0.717) is 24.5 Å². The van der Waals surface area contributed by atoms with Gasteiger partial charge in [-0.3, -0.25) is 4.79 Å². The molecule has 1 aliphatic carbocycles. The fraction of sp³-hybridized carbons (Fsp3) is 0.750. The lowest BCUT2D eigenvalue weighted by atomic mass is 9.89. The Kier molecular flexibility index (Phi) is 4.60. The van der Waals surface area contributed by atoms with Crippen molar-refractivity contribution in [3.63, 3.8) is 0 Å². The summed E-state index contributed by atoms with van der Waals surface area (Å²) in [5, 5.41) is 4.28. The van der Waals surface area contributed by atoms with Crippen LogP contribution in [0, 0.1) is 19.8 Å². The Morgan fingerprint density at radius 1 is 1.04 bits per heavy atom. The average Bonchev–Trinajstić information content (AvgIpc) is 3.16. The molecule has 0 bridgehead atoms. The maximum absolute atomic E-state index is 12.8. The third-order valence-electron chi connectivity index (χ3n) is 5.05. The summed E-state index contributed by atoms with van der Waals surface area (Å²) in [5.41, 5.74) is 0.892.